The highest BCUT2D eigenvalue weighted by molar-refractivity contribution is 8.02. The van der Waals surface area contributed by atoms with Crippen molar-refractivity contribution in [2.75, 3.05) is 31.2 Å². The van der Waals surface area contributed by atoms with Crippen molar-refractivity contribution in [3.05, 3.63) is 53.6 Å². The van der Waals surface area contributed by atoms with E-state index in [0.717, 1.165) is 19.3 Å². The Balaban J connectivity index is 1.63. The molecule has 198 valence electrons. The molecule has 4 aliphatic rings. The Morgan fingerprint density at radius 3 is 2.68 bits per heavy atom. The first-order valence-corrected chi connectivity index (χ1v) is 14.2. The fourth-order valence-corrected chi connectivity index (χ4v) is 8.71. The van der Waals surface area contributed by atoms with Crippen molar-refractivity contribution in [1.82, 2.24) is 4.90 Å². The van der Waals surface area contributed by atoms with E-state index < -0.39 is 27.4 Å². The summed E-state index contributed by atoms with van der Waals surface area (Å²) in [7, 11) is 0. The molecular weight excluding hydrogens is 512 g/mol. The third-order valence-electron chi connectivity index (χ3n) is 7.95. The summed E-state index contributed by atoms with van der Waals surface area (Å²) in [5.74, 6) is -2.24. The minimum absolute atomic E-state index is 0.00737. The summed E-state index contributed by atoms with van der Waals surface area (Å²) >= 11 is 8.04. The first-order chi connectivity index (χ1) is 17.8. The van der Waals surface area contributed by atoms with Crippen LogP contribution >= 0.6 is 23.4 Å². The number of hydrogen-bond acceptors (Lipinski definition) is 6. The number of unbranched alkanes of at least 4 members (excludes halogenated alkanes) is 1. The summed E-state index contributed by atoms with van der Waals surface area (Å²) in [6, 6.07) is 6.39. The molecule has 0 aromatic heterocycles. The van der Waals surface area contributed by atoms with Gasteiger partial charge in [-0.2, -0.15) is 0 Å². The molecule has 0 aliphatic carbocycles. The molecule has 4 heterocycles. The van der Waals surface area contributed by atoms with Gasteiger partial charge in [-0.1, -0.05) is 48.0 Å². The van der Waals surface area contributed by atoms with E-state index in [-0.39, 0.29) is 24.4 Å². The highest BCUT2D eigenvalue weighted by Crippen LogP contribution is 2.65. The van der Waals surface area contributed by atoms with Gasteiger partial charge in [0.1, 0.15) is 6.04 Å². The molecule has 5 rings (SSSR count). The van der Waals surface area contributed by atoms with Gasteiger partial charge in [-0.3, -0.25) is 14.4 Å². The molecule has 1 N–H and O–H groups in total. The van der Waals surface area contributed by atoms with E-state index in [0.29, 0.717) is 43.2 Å². The van der Waals surface area contributed by atoms with Crippen molar-refractivity contribution < 1.29 is 24.2 Å². The van der Waals surface area contributed by atoms with Crippen LogP contribution in [0.25, 0.3) is 0 Å². The van der Waals surface area contributed by atoms with E-state index in [1.54, 1.807) is 21.9 Å². The lowest BCUT2D eigenvalue weighted by molar-refractivity contribution is -0.154. The molecule has 1 aromatic rings. The van der Waals surface area contributed by atoms with Gasteiger partial charge < -0.3 is 19.6 Å². The normalized spacial score (nSPS) is 34.5. The zero-order valence-corrected chi connectivity index (χ0v) is 22.5. The maximum absolute atomic E-state index is 14.4. The fraction of sp³-hybridized carbons (Fsp3) is 0.536. The van der Waals surface area contributed by atoms with E-state index in [9.17, 15) is 19.5 Å². The number of cyclic esters (lactones) is 1. The average Bonchev–Trinajstić information content (AvgIpc) is 3.19. The lowest BCUT2D eigenvalue weighted by atomic mass is 9.74. The molecule has 2 amide bonds. The number of benzene rings is 1. The number of amides is 2. The monoisotopic (exact) mass is 544 g/mol. The number of anilines is 1. The smallest absolute Gasteiger partial charge is 0.311 e. The van der Waals surface area contributed by atoms with E-state index in [1.165, 1.54) is 11.8 Å². The Labute approximate surface area is 226 Å². The predicted octanol–water partition coefficient (Wildman–Crippen LogP) is 3.99. The average molecular weight is 545 g/mol. The lowest BCUT2D eigenvalue weighted by Gasteiger charge is -2.37. The number of esters is 1. The third kappa shape index (κ3) is 4.41. The maximum atomic E-state index is 14.4. The zero-order valence-electron chi connectivity index (χ0n) is 21.0. The summed E-state index contributed by atoms with van der Waals surface area (Å²) in [5, 5.41) is 9.83. The van der Waals surface area contributed by atoms with Crippen LogP contribution in [-0.2, 0) is 19.1 Å². The molecule has 1 spiro atoms. The molecule has 5 atom stereocenters. The van der Waals surface area contributed by atoms with Crippen LogP contribution in [0.4, 0.5) is 5.69 Å². The summed E-state index contributed by atoms with van der Waals surface area (Å²) in [6.45, 7) is 2.97. The van der Waals surface area contributed by atoms with Gasteiger partial charge in [0.15, 0.2) is 0 Å². The number of allylic oxidation sites excluding steroid dienone is 1. The van der Waals surface area contributed by atoms with Crippen LogP contribution in [-0.4, -0.2) is 69.6 Å². The molecule has 7 nitrogen and oxygen atoms in total. The van der Waals surface area contributed by atoms with E-state index in [1.807, 2.05) is 31.2 Å². The number of hydrogen-bond donors (Lipinski definition) is 1. The molecule has 1 aromatic carbocycles. The van der Waals surface area contributed by atoms with Crippen LogP contribution < -0.4 is 4.90 Å². The molecule has 37 heavy (non-hydrogen) atoms. The van der Waals surface area contributed by atoms with Crippen molar-refractivity contribution in [1.29, 1.82) is 0 Å². The molecule has 0 bridgehead atoms. The predicted molar refractivity (Wildman–Crippen MR) is 144 cm³/mol. The molecule has 4 aliphatic heterocycles. The van der Waals surface area contributed by atoms with Gasteiger partial charge in [-0.15, -0.1) is 11.8 Å². The van der Waals surface area contributed by atoms with Gasteiger partial charge >= 0.3 is 5.97 Å². The number of ether oxygens (including phenoxy) is 1. The molecule has 2 fully saturated rings. The van der Waals surface area contributed by atoms with Crippen LogP contribution in [0.1, 0.15) is 39.0 Å². The van der Waals surface area contributed by atoms with E-state index in [2.05, 4.69) is 12.2 Å². The number of aliphatic hydroxyl groups excluding tert-OH is 1. The molecule has 0 radical (unpaired) electrons. The van der Waals surface area contributed by atoms with Gasteiger partial charge in [-0.25, -0.2) is 0 Å². The van der Waals surface area contributed by atoms with Crippen LogP contribution in [0.2, 0.25) is 5.02 Å². The van der Waals surface area contributed by atoms with Crippen LogP contribution in [0.5, 0.6) is 0 Å². The second-order valence-corrected chi connectivity index (χ2v) is 12.5. The van der Waals surface area contributed by atoms with Crippen LogP contribution in [0.15, 0.2) is 48.6 Å². The highest BCUT2D eigenvalue weighted by Gasteiger charge is 2.73. The second-order valence-electron chi connectivity index (χ2n) is 10.3. The molecule has 0 saturated carbocycles. The maximum Gasteiger partial charge on any atom is 0.311 e. The minimum Gasteiger partial charge on any atom is -0.465 e. The summed E-state index contributed by atoms with van der Waals surface area (Å²) in [5.41, 5.74) is 0.592. The number of likely N-dealkylation sites (tertiary alicyclic amines) is 1. The summed E-state index contributed by atoms with van der Waals surface area (Å²) < 4.78 is 4.07. The van der Waals surface area contributed by atoms with Crippen molar-refractivity contribution in [3.63, 3.8) is 0 Å². The Hall–Kier alpha value is -2.29. The number of carbonyl (C=O) groups is 3. The first kappa shape index (κ1) is 26.3. The number of aliphatic hydroxyl groups is 1. The topological polar surface area (TPSA) is 87.1 Å². The Kier molecular flexibility index (Phi) is 7.44. The standard InChI is InChI=1S/C28H33ClN2O5S/c1-27-13-6-2-3-9-18-36-26(35)22(27)21-24(33)31(15-7-8-17-32)23-25(34)30(16-10-14-28(21,23)37-27)20-12-5-4-11-19(20)29/h4-6,10-14,21-23,32H,2-3,7-9,15-18H2,1H3/b13-6-/t21-,22-,23?,27+,28-/m0/s1. The highest BCUT2D eigenvalue weighted by atomic mass is 35.5. The quantitative estimate of drug-likeness (QED) is 0.343. The van der Waals surface area contributed by atoms with Gasteiger partial charge in [0.05, 0.1) is 33.9 Å². The number of para-hydroxylation sites is 1. The van der Waals surface area contributed by atoms with Crippen LogP contribution in [0, 0.1) is 11.8 Å². The lowest BCUT2D eigenvalue weighted by Crippen LogP contribution is -2.53. The van der Waals surface area contributed by atoms with E-state index >= 15 is 0 Å². The van der Waals surface area contributed by atoms with Gasteiger partial charge in [0.25, 0.3) is 5.91 Å². The van der Waals surface area contributed by atoms with Crippen LogP contribution in [0.3, 0.4) is 0 Å². The molecule has 2 saturated heterocycles. The number of thioether (sulfide) groups is 1. The van der Waals surface area contributed by atoms with Crippen molar-refractivity contribution in [2.24, 2.45) is 11.8 Å². The zero-order chi connectivity index (χ0) is 26.2. The Morgan fingerprint density at radius 1 is 1.08 bits per heavy atom. The minimum atomic E-state index is -0.930. The van der Waals surface area contributed by atoms with Gasteiger partial charge in [0, 0.05) is 24.4 Å². The molecular formula is C28H33ClN2O5S. The van der Waals surface area contributed by atoms with E-state index in [4.69, 9.17) is 16.3 Å². The Bertz CT molecular complexity index is 1140. The molecule has 1 unspecified atom stereocenters. The summed E-state index contributed by atoms with van der Waals surface area (Å²) in [6.07, 6.45) is 11.7. The second kappa shape index (κ2) is 10.5. The number of rotatable bonds is 5. The number of fused-ring (bicyclic) bond motifs is 2. The third-order valence-corrected chi connectivity index (χ3v) is 10.1. The number of halogens is 1. The first-order valence-electron chi connectivity index (χ1n) is 13.0. The fourth-order valence-electron chi connectivity index (χ4n) is 6.32. The molecule has 9 heteroatoms. The largest absolute Gasteiger partial charge is 0.465 e. The number of carbonyl (C=O) groups excluding carboxylic acids is 3. The number of nitrogens with zero attached hydrogens (tertiary/aromatic N) is 2. The summed E-state index contributed by atoms with van der Waals surface area (Å²) in [4.78, 5) is 45.4. The Morgan fingerprint density at radius 2 is 1.89 bits per heavy atom. The SMILES string of the molecule is C[C@@]12/C=C\CCCCOC(=O)[C@@H]1[C@H]1C(=O)N(CCCCO)C3C(=O)N(c4ccccc4Cl)CC=C[C@@]31S2. The van der Waals surface area contributed by atoms with Gasteiger partial charge in [-0.05, 0) is 51.2 Å². The van der Waals surface area contributed by atoms with Crippen molar-refractivity contribution in [3.8, 4) is 0 Å². The van der Waals surface area contributed by atoms with Crippen molar-refractivity contribution >= 4 is 46.8 Å². The van der Waals surface area contributed by atoms with Gasteiger partial charge in [0.2, 0.25) is 5.91 Å². The van der Waals surface area contributed by atoms with Crippen molar-refractivity contribution in [2.45, 2.75) is 54.6 Å².